The van der Waals surface area contributed by atoms with Crippen molar-refractivity contribution < 1.29 is 4.79 Å². The third-order valence-electron chi connectivity index (χ3n) is 4.48. The first-order valence-electron chi connectivity index (χ1n) is 8.93. The molecule has 0 unspecified atom stereocenters. The fourth-order valence-electron chi connectivity index (χ4n) is 3.06. The number of fused-ring (bicyclic) bond motifs is 1. The highest BCUT2D eigenvalue weighted by Gasteiger charge is 2.17. The van der Waals surface area contributed by atoms with Gasteiger partial charge in [-0.25, -0.2) is 14.3 Å². The van der Waals surface area contributed by atoms with Gasteiger partial charge in [-0.1, -0.05) is 23.8 Å². The molecule has 0 spiro atoms. The number of benzene rings is 1. The van der Waals surface area contributed by atoms with Gasteiger partial charge < -0.3 is 5.32 Å². The minimum absolute atomic E-state index is 0.0906. The van der Waals surface area contributed by atoms with Crippen LogP contribution in [0.25, 0.3) is 16.9 Å². The molecule has 0 fully saturated rings. The molecule has 0 saturated carbocycles. The number of nitrogens with zero attached hydrogens (tertiary/aromatic N) is 4. The normalized spacial score (nSPS) is 10.9. The molecule has 1 N–H and O–H groups in total. The Labute approximate surface area is 161 Å². The monoisotopic (exact) mass is 373 g/mol. The zero-order chi connectivity index (χ0) is 19.5. The third-order valence-corrected chi connectivity index (χ3v) is 4.48. The Kier molecular flexibility index (Phi) is 4.72. The van der Waals surface area contributed by atoms with E-state index in [2.05, 4.69) is 15.3 Å². The van der Waals surface area contributed by atoms with Crippen molar-refractivity contribution in [3.05, 3.63) is 88.7 Å². The van der Waals surface area contributed by atoms with Crippen LogP contribution in [0.2, 0.25) is 0 Å². The quantitative estimate of drug-likeness (QED) is 0.581. The van der Waals surface area contributed by atoms with E-state index >= 15 is 0 Å². The highest BCUT2D eigenvalue weighted by Crippen LogP contribution is 2.16. The number of hydrogen-bond donors (Lipinski definition) is 1. The smallest absolute Gasteiger partial charge is 0.335 e. The molecule has 28 heavy (non-hydrogen) atoms. The Morgan fingerprint density at radius 1 is 1.00 bits per heavy atom. The van der Waals surface area contributed by atoms with Gasteiger partial charge in [-0.2, -0.15) is 0 Å². The van der Waals surface area contributed by atoms with Crippen molar-refractivity contribution in [2.24, 2.45) is 0 Å². The largest absolute Gasteiger partial charge is 0.349 e. The second kappa shape index (κ2) is 7.48. The summed E-state index contributed by atoms with van der Waals surface area (Å²) in [5, 5.41) is 2.81. The molecule has 7 heteroatoms. The Morgan fingerprint density at radius 3 is 2.54 bits per heavy atom. The van der Waals surface area contributed by atoms with Crippen LogP contribution in [0.1, 0.15) is 11.3 Å². The lowest BCUT2D eigenvalue weighted by atomic mass is 10.2. The molecule has 7 nitrogen and oxygen atoms in total. The van der Waals surface area contributed by atoms with E-state index in [-0.39, 0.29) is 18.1 Å². The maximum atomic E-state index is 13.1. The lowest BCUT2D eigenvalue weighted by molar-refractivity contribution is -0.121. The minimum Gasteiger partial charge on any atom is -0.349 e. The molecule has 0 radical (unpaired) electrons. The Hall–Kier alpha value is -3.74. The van der Waals surface area contributed by atoms with E-state index in [0.29, 0.717) is 23.4 Å². The maximum Gasteiger partial charge on any atom is 0.335 e. The Balaban J connectivity index is 1.66. The van der Waals surface area contributed by atoms with Crippen LogP contribution in [0, 0.1) is 6.92 Å². The van der Waals surface area contributed by atoms with Crippen LogP contribution >= 0.6 is 0 Å². The van der Waals surface area contributed by atoms with Crippen LogP contribution in [-0.2, 0) is 17.9 Å². The lowest BCUT2D eigenvalue weighted by Crippen LogP contribution is -2.32. The highest BCUT2D eigenvalue weighted by atomic mass is 16.2. The van der Waals surface area contributed by atoms with E-state index in [1.807, 2.05) is 49.4 Å². The van der Waals surface area contributed by atoms with Crippen molar-refractivity contribution in [3.63, 3.8) is 0 Å². The molecule has 140 valence electrons. The van der Waals surface area contributed by atoms with Gasteiger partial charge in [0, 0.05) is 12.4 Å². The third kappa shape index (κ3) is 3.42. The van der Waals surface area contributed by atoms with Crippen LogP contribution in [-0.4, -0.2) is 25.0 Å². The van der Waals surface area contributed by atoms with E-state index in [1.165, 1.54) is 9.13 Å². The van der Waals surface area contributed by atoms with Crippen molar-refractivity contribution in [3.8, 4) is 5.69 Å². The topological polar surface area (TPSA) is 81.8 Å². The molecular weight excluding hydrogens is 354 g/mol. The molecule has 3 heterocycles. The van der Waals surface area contributed by atoms with Crippen LogP contribution in [0.3, 0.4) is 0 Å². The van der Waals surface area contributed by atoms with Crippen molar-refractivity contribution in [1.82, 2.24) is 24.4 Å². The molecule has 0 atom stereocenters. The van der Waals surface area contributed by atoms with Gasteiger partial charge in [0.05, 0.1) is 23.4 Å². The summed E-state index contributed by atoms with van der Waals surface area (Å²) in [6.45, 7) is 2.20. The number of carbonyl (C=O) groups excluding carboxylic acids is 1. The van der Waals surface area contributed by atoms with Gasteiger partial charge in [0.1, 0.15) is 6.54 Å². The molecule has 0 aliphatic carbocycles. The van der Waals surface area contributed by atoms with Gasteiger partial charge >= 0.3 is 5.69 Å². The first-order chi connectivity index (χ1) is 13.6. The van der Waals surface area contributed by atoms with E-state index in [0.717, 1.165) is 11.3 Å². The summed E-state index contributed by atoms with van der Waals surface area (Å²) in [4.78, 5) is 34.1. The zero-order valence-electron chi connectivity index (χ0n) is 15.4. The number of aryl methyl sites for hydroxylation is 1. The van der Waals surface area contributed by atoms with E-state index in [1.54, 1.807) is 24.5 Å². The molecule has 4 aromatic rings. The lowest BCUT2D eigenvalue weighted by Gasteiger charge is -2.06. The number of rotatable bonds is 5. The molecule has 1 aromatic carbocycles. The van der Waals surface area contributed by atoms with Gasteiger partial charge in [-0.3, -0.25) is 14.3 Å². The molecule has 0 aliphatic heterocycles. The summed E-state index contributed by atoms with van der Waals surface area (Å²) in [5.41, 5.74) is 3.40. The van der Waals surface area contributed by atoms with Crippen LogP contribution in [0.15, 0.2) is 71.8 Å². The molecular formula is C21H19N5O2. The predicted molar refractivity (Wildman–Crippen MR) is 106 cm³/mol. The summed E-state index contributed by atoms with van der Waals surface area (Å²) in [5.74, 6) is -0.264. The van der Waals surface area contributed by atoms with Crippen molar-refractivity contribution in [1.29, 1.82) is 0 Å². The molecule has 0 bridgehead atoms. The SMILES string of the molecule is Cc1ccc(-n2c(=O)n(CC(=O)NCc3ccccn3)c3cccnc32)cc1. The van der Waals surface area contributed by atoms with Crippen molar-refractivity contribution in [2.75, 3.05) is 0 Å². The van der Waals surface area contributed by atoms with Crippen molar-refractivity contribution >= 4 is 17.1 Å². The number of carbonyl (C=O) groups is 1. The number of hydrogen-bond acceptors (Lipinski definition) is 4. The molecule has 0 saturated heterocycles. The fourth-order valence-corrected chi connectivity index (χ4v) is 3.06. The number of imidazole rings is 1. The Bertz CT molecular complexity index is 1180. The fraction of sp³-hybridized carbons (Fsp3) is 0.143. The molecule has 1 amide bonds. The number of nitrogens with one attached hydrogen (secondary N) is 1. The average molecular weight is 373 g/mol. The summed E-state index contributed by atoms with van der Waals surface area (Å²) in [6.07, 6.45) is 3.31. The second-order valence-electron chi connectivity index (χ2n) is 6.48. The molecule has 0 aliphatic rings. The second-order valence-corrected chi connectivity index (χ2v) is 6.48. The highest BCUT2D eigenvalue weighted by molar-refractivity contribution is 5.80. The van der Waals surface area contributed by atoms with E-state index < -0.39 is 0 Å². The molecule has 3 aromatic heterocycles. The Morgan fingerprint density at radius 2 is 1.79 bits per heavy atom. The van der Waals surface area contributed by atoms with Gasteiger partial charge in [0.25, 0.3) is 0 Å². The van der Waals surface area contributed by atoms with Crippen LogP contribution in [0.4, 0.5) is 0 Å². The first-order valence-corrected chi connectivity index (χ1v) is 8.93. The summed E-state index contributed by atoms with van der Waals surface area (Å²) >= 11 is 0. The average Bonchev–Trinajstić information content (AvgIpc) is 3.00. The van der Waals surface area contributed by atoms with E-state index in [4.69, 9.17) is 0 Å². The summed E-state index contributed by atoms with van der Waals surface area (Å²) in [7, 11) is 0. The van der Waals surface area contributed by atoms with E-state index in [9.17, 15) is 9.59 Å². The molecule has 4 rings (SSSR count). The van der Waals surface area contributed by atoms with Gasteiger partial charge in [0.2, 0.25) is 5.91 Å². The summed E-state index contributed by atoms with van der Waals surface area (Å²) in [6, 6.07) is 16.7. The van der Waals surface area contributed by atoms with Crippen LogP contribution in [0.5, 0.6) is 0 Å². The number of amides is 1. The van der Waals surface area contributed by atoms with Gasteiger partial charge in [-0.05, 0) is 43.3 Å². The van der Waals surface area contributed by atoms with Gasteiger partial charge in [0.15, 0.2) is 5.65 Å². The zero-order valence-corrected chi connectivity index (χ0v) is 15.4. The number of pyridine rings is 2. The standard InChI is InChI=1S/C21H19N5O2/c1-15-7-9-17(10-8-15)26-20-18(6-4-12-23-20)25(21(26)28)14-19(27)24-13-16-5-2-3-11-22-16/h2-12H,13-14H2,1H3,(H,24,27). The van der Waals surface area contributed by atoms with Gasteiger partial charge in [-0.15, -0.1) is 0 Å². The van der Waals surface area contributed by atoms with Crippen molar-refractivity contribution in [2.45, 2.75) is 20.0 Å². The minimum atomic E-state index is -0.300. The van der Waals surface area contributed by atoms with Crippen LogP contribution < -0.4 is 11.0 Å². The number of aromatic nitrogens is 4. The maximum absolute atomic E-state index is 13.1. The first kappa shape index (κ1) is 17.7. The summed E-state index contributed by atoms with van der Waals surface area (Å²) < 4.78 is 2.97. The predicted octanol–water partition coefficient (Wildman–Crippen LogP) is 2.21.